The maximum Gasteiger partial charge on any atom is 0.338 e. The lowest BCUT2D eigenvalue weighted by atomic mass is 10.1. The zero-order valence-corrected chi connectivity index (χ0v) is 16.1. The highest BCUT2D eigenvalue weighted by molar-refractivity contribution is 6.03. The Hall–Kier alpha value is -4.20. The number of carbonyl (C=O) groups excluding carboxylic acids is 2. The Kier molecular flexibility index (Phi) is 5.38. The quantitative estimate of drug-likeness (QED) is 0.495. The van der Waals surface area contributed by atoms with E-state index in [4.69, 9.17) is 9.26 Å². The third-order valence-electron chi connectivity index (χ3n) is 4.45. The monoisotopic (exact) mass is 402 g/mol. The molecule has 0 aliphatic carbocycles. The smallest absolute Gasteiger partial charge is 0.338 e. The van der Waals surface area contributed by atoms with Crippen molar-refractivity contribution in [1.82, 2.24) is 14.9 Å². The largest absolute Gasteiger partial charge is 0.465 e. The van der Waals surface area contributed by atoms with Crippen molar-refractivity contribution in [3.63, 3.8) is 0 Å². The maximum absolute atomic E-state index is 12.5. The minimum absolute atomic E-state index is 0.164. The van der Waals surface area contributed by atoms with Crippen LogP contribution >= 0.6 is 0 Å². The van der Waals surface area contributed by atoms with Gasteiger partial charge >= 0.3 is 5.97 Å². The summed E-state index contributed by atoms with van der Waals surface area (Å²) in [6, 6.07) is 18.1. The molecule has 2 aromatic heterocycles. The molecular weight excluding hydrogens is 384 g/mol. The maximum atomic E-state index is 12.5. The van der Waals surface area contributed by atoms with Crippen LogP contribution in [0.5, 0.6) is 0 Å². The predicted octanol–water partition coefficient (Wildman–Crippen LogP) is 3.63. The molecule has 30 heavy (non-hydrogen) atoms. The first-order chi connectivity index (χ1) is 14.6. The summed E-state index contributed by atoms with van der Waals surface area (Å²) in [6.07, 6.45) is 3.20. The number of carbonyl (C=O) groups is 2. The van der Waals surface area contributed by atoms with Crippen LogP contribution in [0.15, 0.2) is 77.6 Å². The lowest BCUT2D eigenvalue weighted by molar-refractivity contribution is 0.0599. The Morgan fingerprint density at radius 1 is 1.10 bits per heavy atom. The fourth-order valence-corrected chi connectivity index (χ4v) is 2.97. The molecule has 4 aromatic rings. The lowest BCUT2D eigenvalue weighted by Crippen LogP contribution is -2.12. The van der Waals surface area contributed by atoms with Crippen molar-refractivity contribution in [2.75, 3.05) is 12.4 Å². The summed E-state index contributed by atoms with van der Waals surface area (Å²) in [6.45, 7) is 0.350. The summed E-state index contributed by atoms with van der Waals surface area (Å²) in [7, 11) is 1.34. The van der Waals surface area contributed by atoms with E-state index >= 15 is 0 Å². The van der Waals surface area contributed by atoms with E-state index in [1.165, 1.54) is 13.3 Å². The molecule has 0 aliphatic rings. The number of hydrogen-bond donors (Lipinski definition) is 1. The van der Waals surface area contributed by atoms with Gasteiger partial charge in [-0.1, -0.05) is 53.7 Å². The zero-order chi connectivity index (χ0) is 20.9. The first-order valence-electron chi connectivity index (χ1n) is 9.16. The van der Waals surface area contributed by atoms with Crippen LogP contribution in [0.4, 0.5) is 5.69 Å². The van der Waals surface area contributed by atoms with E-state index in [-0.39, 0.29) is 5.69 Å². The molecule has 0 unspecified atom stereocenters. The van der Waals surface area contributed by atoms with Crippen LogP contribution in [0.3, 0.4) is 0 Å². The molecule has 1 N–H and O–H groups in total. The molecule has 0 spiro atoms. The highest BCUT2D eigenvalue weighted by atomic mass is 16.5. The molecule has 1 amide bonds. The van der Waals surface area contributed by atoms with Crippen LogP contribution in [0.25, 0.3) is 11.3 Å². The van der Waals surface area contributed by atoms with Crippen molar-refractivity contribution in [2.45, 2.75) is 6.54 Å². The minimum Gasteiger partial charge on any atom is -0.465 e. The second-order valence-electron chi connectivity index (χ2n) is 6.47. The van der Waals surface area contributed by atoms with Crippen molar-refractivity contribution in [2.24, 2.45) is 0 Å². The number of hydrogen-bond acceptors (Lipinski definition) is 6. The third-order valence-corrected chi connectivity index (χ3v) is 4.45. The number of anilines is 1. The van der Waals surface area contributed by atoms with Gasteiger partial charge in [0.25, 0.3) is 5.91 Å². The first kappa shape index (κ1) is 19.1. The normalized spacial score (nSPS) is 10.6. The van der Waals surface area contributed by atoms with Crippen molar-refractivity contribution >= 4 is 17.6 Å². The molecule has 150 valence electrons. The van der Waals surface area contributed by atoms with Crippen LogP contribution in [0.2, 0.25) is 0 Å². The van der Waals surface area contributed by atoms with Gasteiger partial charge in [-0.2, -0.15) is 5.10 Å². The van der Waals surface area contributed by atoms with Crippen molar-refractivity contribution in [1.29, 1.82) is 0 Å². The summed E-state index contributed by atoms with van der Waals surface area (Å²) in [5, 5.41) is 10.8. The number of rotatable bonds is 6. The molecule has 0 aliphatic heterocycles. The highest BCUT2D eigenvalue weighted by Crippen LogP contribution is 2.20. The van der Waals surface area contributed by atoms with Gasteiger partial charge in [-0.15, -0.1) is 0 Å². The summed E-state index contributed by atoms with van der Waals surface area (Å²) < 4.78 is 11.7. The van der Waals surface area contributed by atoms with Gasteiger partial charge in [0.15, 0.2) is 11.5 Å². The van der Waals surface area contributed by atoms with Crippen LogP contribution in [-0.2, 0) is 11.3 Å². The lowest BCUT2D eigenvalue weighted by Gasteiger charge is -2.07. The molecular formula is C22H18N4O4. The molecule has 2 heterocycles. The molecule has 2 aromatic carbocycles. The fourth-order valence-electron chi connectivity index (χ4n) is 2.97. The van der Waals surface area contributed by atoms with E-state index in [9.17, 15) is 9.59 Å². The topological polar surface area (TPSA) is 99.2 Å². The Labute approximate surface area is 172 Å². The van der Waals surface area contributed by atoms with Crippen LogP contribution in [0.1, 0.15) is 26.4 Å². The molecule has 0 saturated heterocycles. The van der Waals surface area contributed by atoms with Gasteiger partial charge in [0, 0.05) is 17.8 Å². The number of nitrogens with one attached hydrogen (secondary N) is 1. The average molecular weight is 402 g/mol. The van der Waals surface area contributed by atoms with E-state index in [2.05, 4.69) is 15.6 Å². The molecule has 8 nitrogen and oxygen atoms in total. The van der Waals surface area contributed by atoms with Gasteiger partial charge in [0.2, 0.25) is 0 Å². The van der Waals surface area contributed by atoms with Crippen molar-refractivity contribution < 1.29 is 18.8 Å². The molecule has 0 atom stereocenters. The number of aromatic nitrogens is 3. The highest BCUT2D eigenvalue weighted by Gasteiger charge is 2.15. The SMILES string of the molecule is COC(=O)c1ccccc1Cn1cc(NC(=O)c2cc(-c3ccccc3)on2)cn1. The summed E-state index contributed by atoms with van der Waals surface area (Å²) >= 11 is 0. The van der Waals surface area contributed by atoms with Gasteiger partial charge in [0.05, 0.1) is 31.1 Å². The number of ether oxygens (including phenoxy) is 1. The van der Waals surface area contributed by atoms with Gasteiger partial charge in [-0.3, -0.25) is 9.48 Å². The number of esters is 1. The van der Waals surface area contributed by atoms with Crippen LogP contribution < -0.4 is 5.32 Å². The zero-order valence-electron chi connectivity index (χ0n) is 16.1. The summed E-state index contributed by atoms with van der Waals surface area (Å²) in [5.41, 5.74) is 2.73. The van der Waals surface area contributed by atoms with E-state index in [0.29, 0.717) is 23.6 Å². The molecule has 0 saturated carbocycles. The van der Waals surface area contributed by atoms with E-state index in [0.717, 1.165) is 11.1 Å². The Bertz CT molecular complexity index is 1180. The molecule has 0 radical (unpaired) electrons. The van der Waals surface area contributed by atoms with Crippen molar-refractivity contribution in [3.8, 4) is 11.3 Å². The minimum atomic E-state index is -0.411. The van der Waals surface area contributed by atoms with Gasteiger partial charge in [-0.25, -0.2) is 4.79 Å². The fraction of sp³-hybridized carbons (Fsp3) is 0.0909. The second kappa shape index (κ2) is 8.44. The Morgan fingerprint density at radius 2 is 1.87 bits per heavy atom. The summed E-state index contributed by atoms with van der Waals surface area (Å²) in [4.78, 5) is 24.4. The van der Waals surface area contributed by atoms with Gasteiger partial charge in [-0.05, 0) is 11.6 Å². The summed E-state index contributed by atoms with van der Waals surface area (Å²) in [5.74, 6) is -0.308. The standard InChI is InChI=1S/C22H18N4O4/c1-29-22(28)18-10-6-5-9-16(18)13-26-14-17(12-23-26)24-21(27)19-11-20(30-25-19)15-7-3-2-4-8-15/h2-12,14H,13H2,1H3,(H,24,27). The van der Waals surface area contributed by atoms with Gasteiger partial charge < -0.3 is 14.6 Å². The van der Waals surface area contributed by atoms with Crippen molar-refractivity contribution in [3.05, 3.63) is 89.9 Å². The van der Waals surface area contributed by atoms with E-state index in [1.807, 2.05) is 42.5 Å². The van der Waals surface area contributed by atoms with Crippen LogP contribution in [-0.4, -0.2) is 33.9 Å². The molecule has 4 rings (SSSR count). The number of amides is 1. The average Bonchev–Trinajstić information content (AvgIpc) is 3.44. The second-order valence-corrected chi connectivity index (χ2v) is 6.47. The molecule has 0 fully saturated rings. The number of benzene rings is 2. The van der Waals surface area contributed by atoms with E-state index in [1.54, 1.807) is 29.1 Å². The number of nitrogens with zero attached hydrogens (tertiary/aromatic N) is 3. The third kappa shape index (κ3) is 4.12. The Morgan fingerprint density at radius 3 is 2.67 bits per heavy atom. The molecule has 8 heteroatoms. The van der Waals surface area contributed by atoms with Gasteiger partial charge in [0.1, 0.15) is 0 Å². The Balaban J connectivity index is 1.45. The van der Waals surface area contributed by atoms with E-state index < -0.39 is 11.9 Å². The molecule has 0 bridgehead atoms. The first-order valence-corrected chi connectivity index (χ1v) is 9.16. The van der Waals surface area contributed by atoms with Crippen LogP contribution in [0, 0.1) is 0 Å². The predicted molar refractivity (Wildman–Crippen MR) is 109 cm³/mol. The number of methoxy groups -OCH3 is 1.